The van der Waals surface area contributed by atoms with Gasteiger partial charge in [-0.15, -0.1) is 0 Å². The first kappa shape index (κ1) is 13.9. The molecule has 0 radical (unpaired) electrons. The number of hydrogen-bond acceptors (Lipinski definition) is 5. The molecule has 2 N–H and O–H groups in total. The van der Waals surface area contributed by atoms with E-state index in [0.29, 0.717) is 23.5 Å². The van der Waals surface area contributed by atoms with Crippen molar-refractivity contribution in [3.8, 4) is 17.0 Å². The number of rotatable bonds is 4. The fourth-order valence-corrected chi connectivity index (χ4v) is 2.22. The monoisotopic (exact) mass is 276 g/mol. The van der Waals surface area contributed by atoms with E-state index in [9.17, 15) is 10.1 Å². The molecule has 2 rings (SSSR count). The molecule has 0 unspecified atom stereocenters. The molecule has 0 aliphatic rings. The lowest BCUT2D eigenvalue weighted by Gasteiger charge is -2.08. The zero-order valence-corrected chi connectivity index (χ0v) is 11.6. The SMILES string of the molecule is CCc1c(-c2cccc([N+](=O)[O-])c2OC)nn(C)c1N. The maximum absolute atomic E-state index is 11.1. The first-order valence-electron chi connectivity index (χ1n) is 6.14. The van der Waals surface area contributed by atoms with Gasteiger partial charge >= 0.3 is 5.69 Å². The summed E-state index contributed by atoms with van der Waals surface area (Å²) in [5, 5.41) is 15.4. The van der Waals surface area contributed by atoms with Crippen LogP contribution in [0.25, 0.3) is 11.3 Å². The molecule has 7 heteroatoms. The number of nitrogen functional groups attached to an aromatic ring is 1. The van der Waals surface area contributed by atoms with Crippen LogP contribution in [0.1, 0.15) is 12.5 Å². The van der Waals surface area contributed by atoms with Gasteiger partial charge in [0.15, 0.2) is 0 Å². The minimum Gasteiger partial charge on any atom is -0.490 e. The Kier molecular flexibility index (Phi) is 3.60. The third-order valence-corrected chi connectivity index (χ3v) is 3.20. The lowest BCUT2D eigenvalue weighted by Crippen LogP contribution is -1.98. The van der Waals surface area contributed by atoms with E-state index in [0.717, 1.165) is 5.56 Å². The number of nitrogens with zero attached hydrogens (tertiary/aromatic N) is 3. The number of benzene rings is 1. The van der Waals surface area contributed by atoms with E-state index >= 15 is 0 Å². The average molecular weight is 276 g/mol. The van der Waals surface area contributed by atoms with E-state index in [1.165, 1.54) is 13.2 Å². The fraction of sp³-hybridized carbons (Fsp3) is 0.308. The number of aromatic nitrogens is 2. The second kappa shape index (κ2) is 5.20. The minimum atomic E-state index is -0.472. The number of hydrogen-bond donors (Lipinski definition) is 1. The number of nitro groups is 1. The average Bonchev–Trinajstić information content (AvgIpc) is 2.73. The molecule has 0 saturated carbocycles. The minimum absolute atomic E-state index is 0.0868. The van der Waals surface area contributed by atoms with Gasteiger partial charge in [-0.05, 0) is 12.5 Å². The maximum Gasteiger partial charge on any atom is 0.311 e. The van der Waals surface area contributed by atoms with Crippen LogP contribution >= 0.6 is 0 Å². The molecular weight excluding hydrogens is 260 g/mol. The van der Waals surface area contributed by atoms with Crippen LogP contribution in [0, 0.1) is 10.1 Å². The highest BCUT2D eigenvalue weighted by atomic mass is 16.6. The predicted octanol–water partition coefficient (Wildman–Crippen LogP) is 2.15. The predicted molar refractivity (Wildman–Crippen MR) is 75.6 cm³/mol. The zero-order chi connectivity index (χ0) is 14.9. The standard InChI is InChI=1S/C13H16N4O3/c1-4-8-11(15-16(2)13(8)14)9-6-5-7-10(17(18)19)12(9)20-3/h5-7H,4,14H2,1-3H3. The van der Waals surface area contributed by atoms with Gasteiger partial charge in [0.25, 0.3) is 0 Å². The topological polar surface area (TPSA) is 96.2 Å². The highest BCUT2D eigenvalue weighted by Gasteiger charge is 2.23. The van der Waals surface area contributed by atoms with Gasteiger partial charge in [-0.1, -0.05) is 13.0 Å². The van der Waals surface area contributed by atoms with Crippen LogP contribution in [0.3, 0.4) is 0 Å². The number of methoxy groups -OCH3 is 1. The summed E-state index contributed by atoms with van der Waals surface area (Å²) in [5.74, 6) is 0.751. The molecular formula is C13H16N4O3. The number of nitrogens with two attached hydrogens (primary N) is 1. The fourth-order valence-electron chi connectivity index (χ4n) is 2.22. The Balaban J connectivity index is 2.73. The molecule has 2 aromatic rings. The molecule has 20 heavy (non-hydrogen) atoms. The van der Waals surface area contributed by atoms with E-state index < -0.39 is 4.92 Å². The first-order valence-corrected chi connectivity index (χ1v) is 6.14. The third kappa shape index (κ3) is 2.07. The van der Waals surface area contributed by atoms with Gasteiger partial charge in [-0.2, -0.15) is 5.10 Å². The van der Waals surface area contributed by atoms with Crippen molar-refractivity contribution in [1.82, 2.24) is 9.78 Å². The summed E-state index contributed by atoms with van der Waals surface area (Å²) in [5.41, 5.74) is 7.93. The highest BCUT2D eigenvalue weighted by Crippen LogP contribution is 2.39. The normalized spacial score (nSPS) is 10.6. The summed E-state index contributed by atoms with van der Waals surface area (Å²) < 4.78 is 6.77. The van der Waals surface area contributed by atoms with Gasteiger partial charge in [0.1, 0.15) is 11.5 Å². The van der Waals surface area contributed by atoms with E-state index in [-0.39, 0.29) is 11.4 Å². The van der Waals surface area contributed by atoms with Crippen molar-refractivity contribution in [1.29, 1.82) is 0 Å². The van der Waals surface area contributed by atoms with Gasteiger partial charge in [0, 0.05) is 18.7 Å². The summed E-state index contributed by atoms with van der Waals surface area (Å²) in [7, 11) is 3.14. The third-order valence-electron chi connectivity index (χ3n) is 3.20. The molecule has 0 amide bonds. The Morgan fingerprint density at radius 3 is 2.75 bits per heavy atom. The van der Waals surface area contributed by atoms with Crippen molar-refractivity contribution in [2.75, 3.05) is 12.8 Å². The summed E-state index contributed by atoms with van der Waals surface area (Å²) in [6.45, 7) is 1.96. The highest BCUT2D eigenvalue weighted by molar-refractivity contribution is 5.77. The Hall–Kier alpha value is -2.57. The van der Waals surface area contributed by atoms with Crippen LogP contribution in [0.2, 0.25) is 0 Å². The molecule has 7 nitrogen and oxygen atoms in total. The van der Waals surface area contributed by atoms with E-state index in [1.54, 1.807) is 23.9 Å². The van der Waals surface area contributed by atoms with Crippen molar-refractivity contribution in [2.24, 2.45) is 7.05 Å². The van der Waals surface area contributed by atoms with Gasteiger partial charge in [0.05, 0.1) is 17.6 Å². The zero-order valence-electron chi connectivity index (χ0n) is 11.6. The summed E-state index contributed by atoms with van der Waals surface area (Å²) in [6.07, 6.45) is 0.681. The van der Waals surface area contributed by atoms with E-state index in [2.05, 4.69) is 5.10 Å². The van der Waals surface area contributed by atoms with Gasteiger partial charge < -0.3 is 10.5 Å². The molecule has 1 aromatic carbocycles. The van der Waals surface area contributed by atoms with Crippen molar-refractivity contribution < 1.29 is 9.66 Å². The number of aryl methyl sites for hydroxylation is 1. The van der Waals surface area contributed by atoms with Crippen molar-refractivity contribution >= 4 is 11.5 Å². The maximum atomic E-state index is 11.1. The molecule has 0 atom stereocenters. The smallest absolute Gasteiger partial charge is 0.311 e. The number of anilines is 1. The summed E-state index contributed by atoms with van der Waals surface area (Å²) >= 11 is 0. The van der Waals surface area contributed by atoms with Crippen molar-refractivity contribution in [3.63, 3.8) is 0 Å². The number of nitro benzene ring substituents is 1. The van der Waals surface area contributed by atoms with Crippen LogP contribution in [0.15, 0.2) is 18.2 Å². The van der Waals surface area contributed by atoms with E-state index in [1.807, 2.05) is 6.92 Å². The van der Waals surface area contributed by atoms with Gasteiger partial charge in [-0.25, -0.2) is 0 Å². The first-order chi connectivity index (χ1) is 9.51. The van der Waals surface area contributed by atoms with Gasteiger partial charge in [-0.3, -0.25) is 14.8 Å². The lowest BCUT2D eigenvalue weighted by molar-refractivity contribution is -0.385. The molecule has 106 valence electrons. The van der Waals surface area contributed by atoms with Crippen LogP contribution in [0.5, 0.6) is 5.75 Å². The molecule has 0 bridgehead atoms. The van der Waals surface area contributed by atoms with Crippen LogP contribution < -0.4 is 10.5 Å². The van der Waals surface area contributed by atoms with Gasteiger partial charge in [0.2, 0.25) is 5.75 Å². The molecule has 0 fully saturated rings. The molecule has 0 aliphatic heterocycles. The van der Waals surface area contributed by atoms with E-state index in [4.69, 9.17) is 10.5 Å². The Morgan fingerprint density at radius 1 is 1.50 bits per heavy atom. The quantitative estimate of drug-likeness (QED) is 0.681. The number of ether oxygens (including phenoxy) is 1. The summed E-state index contributed by atoms with van der Waals surface area (Å²) in [6, 6.07) is 4.76. The van der Waals surface area contributed by atoms with Crippen molar-refractivity contribution in [3.05, 3.63) is 33.9 Å². The molecule has 1 heterocycles. The van der Waals surface area contributed by atoms with Crippen LogP contribution in [-0.4, -0.2) is 21.8 Å². The Morgan fingerprint density at radius 2 is 2.20 bits per heavy atom. The van der Waals surface area contributed by atoms with Crippen LogP contribution in [-0.2, 0) is 13.5 Å². The van der Waals surface area contributed by atoms with Crippen LogP contribution in [0.4, 0.5) is 11.5 Å². The molecule has 0 aliphatic carbocycles. The second-order valence-electron chi connectivity index (χ2n) is 4.30. The largest absolute Gasteiger partial charge is 0.490 e. The Labute approximate surface area is 116 Å². The number of para-hydroxylation sites is 1. The second-order valence-corrected chi connectivity index (χ2v) is 4.30. The Bertz CT molecular complexity index is 664. The lowest BCUT2D eigenvalue weighted by atomic mass is 10.0. The molecule has 0 spiro atoms. The molecule has 1 aromatic heterocycles. The molecule has 0 saturated heterocycles. The summed E-state index contributed by atoms with van der Waals surface area (Å²) in [4.78, 5) is 10.6. The van der Waals surface area contributed by atoms with Crippen molar-refractivity contribution in [2.45, 2.75) is 13.3 Å².